The van der Waals surface area contributed by atoms with Crippen molar-refractivity contribution in [1.82, 2.24) is 60.0 Å². The molecule has 0 aromatic rings. The van der Waals surface area contributed by atoms with Crippen molar-refractivity contribution >= 4 is 89.5 Å². The predicted octanol–water partition coefficient (Wildman–Crippen LogP) is -13.8. The van der Waals surface area contributed by atoms with Crippen molar-refractivity contribution in [2.24, 2.45) is 0 Å². The van der Waals surface area contributed by atoms with Gasteiger partial charge in [0.1, 0.15) is 85.3 Å². The van der Waals surface area contributed by atoms with Gasteiger partial charge in [0.05, 0.1) is 130 Å². The van der Waals surface area contributed by atoms with E-state index < -0.39 is 324 Å². The van der Waals surface area contributed by atoms with E-state index >= 15 is 0 Å². The van der Waals surface area contributed by atoms with E-state index in [1.54, 1.807) is 0 Å². The summed E-state index contributed by atoms with van der Waals surface area (Å²) in [6.45, 7) is -18.1. The molecular formula is C78H136GdN12O47+3. The van der Waals surface area contributed by atoms with Gasteiger partial charge in [-0.05, 0) is 58.2 Å². The van der Waals surface area contributed by atoms with Gasteiger partial charge in [-0.2, -0.15) is 0 Å². The fourth-order valence-corrected chi connectivity index (χ4v) is 14.8. The van der Waals surface area contributed by atoms with Crippen LogP contribution < -0.4 is 16.0 Å². The fourth-order valence-electron chi connectivity index (χ4n) is 14.8. The molecule has 2 heterocycles. The molecule has 0 aromatic carbocycles. The number of nitrogens with zero attached hydrogens (tertiary/aromatic N) is 9. The maximum Gasteiger partial charge on any atom is 3.00 e. The summed E-state index contributed by atoms with van der Waals surface area (Å²) in [7, 11) is 0. The minimum atomic E-state index is -2.38. The largest absolute Gasteiger partial charge is 3.00 e. The zero-order valence-corrected chi connectivity index (χ0v) is 77.9. The SMILES string of the molecule is O=C(O)CN(CCN(CCN(CC(=O)O)CC(=O)O)C(CCCCNCC(O)COCC(O)C(O[C@@H]1O[C@H](COCC(O)CNCCCCC(C(=O)O)N(CCN(CC(=O)O)CC(=O)O)CCN(CC(=O)O)CC(=O)O)C(O[C@@H]2O[C@H](CO)C(O)[C@H](O)[C@H]2O)[C@H](O)[C@H]1O)C(O)C(O)CNCCCCC(C(=O)O)N(CCN(CC(=O)O)CC(=O)O)CCN(CC(=O)O)CC(=O)O)C(=O)O)CC(=O)O.[Gd+3]. The van der Waals surface area contributed by atoms with Crippen molar-refractivity contribution in [2.45, 2.75) is 174 Å². The first kappa shape index (κ1) is 128. The van der Waals surface area contributed by atoms with Crippen LogP contribution in [0.15, 0.2) is 0 Å². The van der Waals surface area contributed by atoms with Crippen LogP contribution in [-0.4, -0.2) is 612 Å². The Morgan fingerprint density at radius 2 is 0.587 bits per heavy atom. The van der Waals surface area contributed by atoms with Crippen molar-refractivity contribution in [3.05, 3.63) is 0 Å². The van der Waals surface area contributed by atoms with Crippen LogP contribution in [-0.2, 0) is 100 Å². The minimum absolute atomic E-state index is 0. The molecule has 2 saturated heterocycles. The number of nitrogens with one attached hydrogen (secondary N) is 3. The summed E-state index contributed by atoms with van der Waals surface area (Å²) in [6, 6.07) is -4.21. The van der Waals surface area contributed by atoms with E-state index in [2.05, 4.69) is 16.0 Å². The summed E-state index contributed by atoms with van der Waals surface area (Å²) < 4.78 is 34.9. The smallest absolute Gasteiger partial charge is 0.480 e. The van der Waals surface area contributed by atoms with E-state index in [9.17, 15) is 205 Å². The Labute approximate surface area is 821 Å². The molecule has 0 bridgehead atoms. The topological polar surface area (TPSA) is 903 Å². The first-order valence-electron chi connectivity index (χ1n) is 43.6. The summed E-state index contributed by atoms with van der Waals surface area (Å²) in [5, 5.41) is 277. The number of ether oxygens (including phenoxy) is 6. The van der Waals surface area contributed by atoms with E-state index in [1.165, 1.54) is 14.7 Å². The van der Waals surface area contributed by atoms with Gasteiger partial charge in [-0.25, -0.2) is 0 Å². The molecule has 19 atom stereocenters. The molecule has 2 rings (SSSR count). The minimum Gasteiger partial charge on any atom is -0.480 e. The van der Waals surface area contributed by atoms with Crippen LogP contribution in [0.25, 0.3) is 0 Å². The van der Waals surface area contributed by atoms with Gasteiger partial charge in [0.2, 0.25) is 0 Å². The summed E-state index contributed by atoms with van der Waals surface area (Å²) in [6.07, 6.45) is -32.0. The third kappa shape index (κ3) is 54.4. The molecule has 0 aliphatic carbocycles. The number of hydrogen-bond acceptors (Lipinski definition) is 44. The van der Waals surface area contributed by atoms with Crippen molar-refractivity contribution in [1.29, 1.82) is 0 Å². The zero-order valence-electron chi connectivity index (χ0n) is 75.7. The molecule has 138 heavy (non-hydrogen) atoms. The summed E-state index contributed by atoms with van der Waals surface area (Å²) in [4.78, 5) is 187. The fraction of sp³-hybridized carbons (Fsp3) is 0.808. The molecule has 1 radical (unpaired) electrons. The second-order valence-electron chi connectivity index (χ2n) is 32.7. The quantitative estimate of drug-likeness (QED) is 0.0251. The predicted molar refractivity (Wildman–Crippen MR) is 455 cm³/mol. The van der Waals surface area contributed by atoms with Crippen molar-refractivity contribution < 1.29 is 273 Å². The number of carboxylic acids is 15. The molecule has 2 aliphatic heterocycles. The van der Waals surface area contributed by atoms with Gasteiger partial charge in [-0.15, -0.1) is 0 Å². The Morgan fingerprint density at radius 1 is 0.312 bits per heavy atom. The van der Waals surface area contributed by atoms with Gasteiger partial charge in [0.25, 0.3) is 0 Å². The van der Waals surface area contributed by atoms with E-state index in [0.717, 1.165) is 29.4 Å². The molecule has 0 spiro atoms. The number of unbranched alkanes of at least 4 members (excludes halogenated alkanes) is 3. The van der Waals surface area contributed by atoms with Crippen LogP contribution in [0.4, 0.5) is 0 Å². The molecule has 2 aliphatic rings. The van der Waals surface area contributed by atoms with E-state index in [4.69, 9.17) is 28.4 Å². The van der Waals surface area contributed by atoms with E-state index in [0.29, 0.717) is 0 Å². The van der Waals surface area contributed by atoms with Crippen LogP contribution in [0.3, 0.4) is 0 Å². The Hall–Kier alpha value is -7.79. The zero-order chi connectivity index (χ0) is 103. The van der Waals surface area contributed by atoms with Crippen molar-refractivity contribution in [3.63, 3.8) is 0 Å². The van der Waals surface area contributed by atoms with Crippen LogP contribution in [0.5, 0.6) is 0 Å². The first-order valence-corrected chi connectivity index (χ1v) is 43.6. The second kappa shape index (κ2) is 70.0. The molecule has 0 aromatic heterocycles. The van der Waals surface area contributed by atoms with Crippen molar-refractivity contribution in [2.75, 3.05) is 229 Å². The molecule has 795 valence electrons. The number of hydrogen-bond donors (Lipinski definition) is 29. The number of aliphatic hydroxyl groups is 11. The molecule has 11 unspecified atom stereocenters. The number of carboxylic acid groups (broad SMARTS) is 15. The molecule has 60 heteroatoms. The van der Waals surface area contributed by atoms with Crippen LogP contribution >= 0.6 is 0 Å². The summed E-state index contributed by atoms with van der Waals surface area (Å²) in [5.41, 5.74) is 0. The second-order valence-corrected chi connectivity index (χ2v) is 32.7. The number of rotatable bonds is 85. The van der Waals surface area contributed by atoms with Crippen LogP contribution in [0.2, 0.25) is 0 Å². The molecule has 2 fully saturated rings. The van der Waals surface area contributed by atoms with E-state index in [1.807, 2.05) is 0 Å². The van der Waals surface area contributed by atoms with Gasteiger partial charge < -0.3 is 177 Å². The Kier molecular flexibility index (Phi) is 65.0. The first-order chi connectivity index (χ1) is 64.4. The maximum absolute atomic E-state index is 12.9. The third-order valence-corrected chi connectivity index (χ3v) is 21.4. The van der Waals surface area contributed by atoms with Gasteiger partial charge in [-0.1, -0.05) is 19.3 Å². The normalized spacial score (nSPS) is 20.5. The van der Waals surface area contributed by atoms with Crippen LogP contribution in [0, 0.1) is 39.9 Å². The molecular weight excluding hydrogens is 2010 g/mol. The molecule has 0 saturated carbocycles. The Bertz CT molecular complexity index is 3460. The molecule has 59 nitrogen and oxygen atoms in total. The van der Waals surface area contributed by atoms with Gasteiger partial charge in [0, 0.05) is 98.2 Å². The Balaban J connectivity index is 0.0000952. The maximum atomic E-state index is 12.9. The number of carbonyl (C=O) groups is 15. The number of aliphatic hydroxyl groups excluding tert-OH is 11. The summed E-state index contributed by atoms with van der Waals surface area (Å²) in [5.74, 6) is -21.3. The Morgan fingerprint density at radius 3 is 0.870 bits per heavy atom. The van der Waals surface area contributed by atoms with E-state index in [-0.39, 0.29) is 209 Å². The summed E-state index contributed by atoms with van der Waals surface area (Å²) >= 11 is 0. The van der Waals surface area contributed by atoms with Gasteiger partial charge >= 0.3 is 129 Å². The van der Waals surface area contributed by atoms with Gasteiger partial charge in [-0.3, -0.25) is 116 Å². The number of aliphatic carboxylic acids is 15. The third-order valence-electron chi connectivity index (χ3n) is 21.4. The van der Waals surface area contributed by atoms with Crippen LogP contribution in [0.1, 0.15) is 57.8 Å². The standard InChI is InChI=1S/C78H136N12O47.Gd/c91-40-52-67(121)68(122)70(124)77(134-52)137-73-53(44-133-42-46(93)26-80-11-5-2-8-48(75(128)129)89(21-15-84(32-58(104)105)33-59(106)107)22-16-85(34-60(108)109)35-61(110)111)135-78(71(125)69(73)123)136-72(66(120)50(94)27-81-12-6-3-9-49(76(130)131)90(23-17-86(36-62(112)113)37-63(114)115)24-18-87(38-64(116)117)39-65(118)119)51(95)43-132-41-45(92)25-79-10-4-1-7-47(74(126)127)88(19-13-82(28-54(96)97)29-55(98)99)20-14-83(30-56(100)101)31-57(102)103;/h45-53,66-73,77-81,91-95,120-125H,1-44H2,(H,96,97)(H,98,99)(H,100,101)(H,102,103)(H,104,105)(H,106,107)(H,108,109)(H,110,111)(H,112,113)(H,114,115)(H,116,117)(H,118,119)(H,126,127)(H,128,129)(H,130,131);/q;+3/t45?,46?,47?,48?,49?,50?,51?,52-,53-,66?,67?,68+,69-,70-,71-,72?,73?,77+,78+;/m1./s1. The average Bonchev–Trinajstić information content (AvgIpc) is 0.779. The molecule has 0 amide bonds. The average molecular weight is 2150 g/mol. The van der Waals surface area contributed by atoms with Gasteiger partial charge in [0.15, 0.2) is 12.6 Å². The van der Waals surface area contributed by atoms with Crippen molar-refractivity contribution in [3.8, 4) is 0 Å². The monoisotopic (exact) mass is 2150 g/mol. The molecule has 29 N–H and O–H groups in total.